The highest BCUT2D eigenvalue weighted by atomic mass is 32.3. The Bertz CT molecular complexity index is 677. The van der Waals surface area contributed by atoms with E-state index in [1.54, 1.807) is 0 Å². The smallest absolute Gasteiger partial charge is 0.421 e. The van der Waals surface area contributed by atoms with Gasteiger partial charge in [-0.1, -0.05) is 39.0 Å². The summed E-state index contributed by atoms with van der Waals surface area (Å²) in [6.45, 7) is 8.77. The molecule has 1 aliphatic heterocycles. The van der Waals surface area contributed by atoms with Crippen LogP contribution in [0.3, 0.4) is 0 Å². The summed E-state index contributed by atoms with van der Waals surface area (Å²) in [5.41, 5.74) is -12.4. The molecule has 7 nitrogen and oxygen atoms in total. The molecule has 188 valence electrons. The van der Waals surface area contributed by atoms with Crippen molar-refractivity contribution in [3.8, 4) is 0 Å². The molecule has 1 N–H and O–H groups in total. The predicted molar refractivity (Wildman–Crippen MR) is 105 cm³/mol. The number of halogens is 6. The minimum Gasteiger partial charge on any atom is -0.421 e. The molecule has 0 aromatic heterocycles. The van der Waals surface area contributed by atoms with Crippen LogP contribution in [0.1, 0.15) is 51.9 Å². The first-order chi connectivity index (χ1) is 14.0. The Morgan fingerprint density at radius 1 is 0.774 bits per heavy atom. The van der Waals surface area contributed by atoms with Crippen LogP contribution in [0.2, 0.25) is 0 Å². The van der Waals surface area contributed by atoms with Crippen LogP contribution in [0, 0.1) is 0 Å². The van der Waals surface area contributed by atoms with Gasteiger partial charge in [-0.2, -0.15) is 26.3 Å². The highest BCUT2D eigenvalue weighted by Gasteiger charge is 2.46. The Hall–Kier alpha value is -0.640. The van der Waals surface area contributed by atoms with Gasteiger partial charge in [0.25, 0.3) is 0 Å². The standard InChI is InChI=1S/C14H31N2.C2F6NO4S2/c1-3-4-5-6-7-8-9-12-16(2)13-10-15-11-14-16;3-1(4,5)14(10,11)9-15(12,13)2(6,7)8/h15H,3-14H2,1-2H3;/q+1;-1. The third-order valence-electron chi connectivity index (χ3n) is 4.74. The van der Waals surface area contributed by atoms with Crippen molar-refractivity contribution in [3.63, 3.8) is 0 Å². The molecule has 0 amide bonds. The zero-order valence-electron chi connectivity index (χ0n) is 17.6. The summed E-state index contributed by atoms with van der Waals surface area (Å²) in [6, 6.07) is 0. The van der Waals surface area contributed by atoms with Gasteiger partial charge in [0.1, 0.15) is 0 Å². The number of unbranched alkanes of at least 4 members (excludes halogenated alkanes) is 6. The van der Waals surface area contributed by atoms with E-state index in [0.29, 0.717) is 0 Å². The van der Waals surface area contributed by atoms with Gasteiger partial charge < -0.3 is 13.9 Å². The number of rotatable bonds is 10. The molecule has 1 rings (SSSR count). The highest BCUT2D eigenvalue weighted by Crippen LogP contribution is 2.36. The van der Waals surface area contributed by atoms with Gasteiger partial charge in [-0.3, -0.25) is 0 Å². The van der Waals surface area contributed by atoms with Crippen molar-refractivity contribution in [2.45, 2.75) is 62.9 Å². The van der Waals surface area contributed by atoms with Gasteiger partial charge in [-0.25, -0.2) is 16.8 Å². The Balaban J connectivity index is 0.000000582. The third-order valence-corrected chi connectivity index (χ3v) is 7.48. The number of alkyl halides is 6. The van der Waals surface area contributed by atoms with Crippen molar-refractivity contribution >= 4 is 20.0 Å². The van der Waals surface area contributed by atoms with E-state index >= 15 is 0 Å². The Morgan fingerprint density at radius 3 is 1.55 bits per heavy atom. The quantitative estimate of drug-likeness (QED) is 0.275. The molecule has 0 spiro atoms. The fourth-order valence-electron chi connectivity index (χ4n) is 2.82. The van der Waals surface area contributed by atoms with Crippen molar-refractivity contribution in [3.05, 3.63) is 4.13 Å². The second-order valence-electron chi connectivity index (χ2n) is 7.58. The maximum Gasteiger partial charge on any atom is 0.480 e. The van der Waals surface area contributed by atoms with E-state index < -0.39 is 31.1 Å². The van der Waals surface area contributed by atoms with E-state index in [1.807, 2.05) is 0 Å². The predicted octanol–water partition coefficient (Wildman–Crippen LogP) is 3.85. The first-order valence-corrected chi connectivity index (χ1v) is 12.8. The molecule has 0 atom stereocenters. The molecule has 31 heavy (non-hydrogen) atoms. The molecule has 1 heterocycles. The van der Waals surface area contributed by atoms with Gasteiger partial charge in [-0.05, 0) is 12.8 Å². The lowest BCUT2D eigenvalue weighted by Crippen LogP contribution is -2.56. The number of nitrogens with zero attached hydrogens (tertiary/aromatic N) is 2. The van der Waals surface area contributed by atoms with Gasteiger partial charge in [0.15, 0.2) is 20.0 Å². The van der Waals surface area contributed by atoms with E-state index in [2.05, 4.69) is 19.3 Å². The molecule has 1 fully saturated rings. The van der Waals surface area contributed by atoms with Crippen molar-refractivity contribution in [1.29, 1.82) is 0 Å². The van der Waals surface area contributed by atoms with Gasteiger partial charge in [0.05, 0.1) is 26.7 Å². The first kappa shape index (κ1) is 30.4. The largest absolute Gasteiger partial charge is 0.480 e. The fourth-order valence-corrected chi connectivity index (χ4v) is 4.53. The van der Waals surface area contributed by atoms with E-state index in [1.165, 1.54) is 82.2 Å². The van der Waals surface area contributed by atoms with E-state index in [4.69, 9.17) is 0 Å². The SMILES string of the molecule is CCCCCCCCC[N+]1(C)CCNCC1.O=S(=O)([N-]S(=O)(=O)C(F)(F)F)C(F)(F)F. The normalized spacial score (nSPS) is 17.7. The Morgan fingerprint density at radius 2 is 1.16 bits per heavy atom. The number of piperazine rings is 1. The monoisotopic (exact) mass is 507 g/mol. The average molecular weight is 508 g/mol. The van der Waals surface area contributed by atoms with Crippen molar-refractivity contribution in [2.75, 3.05) is 39.8 Å². The van der Waals surface area contributed by atoms with Gasteiger partial charge in [0.2, 0.25) is 0 Å². The summed E-state index contributed by atoms with van der Waals surface area (Å²) < 4.78 is 110. The molecule has 0 aromatic rings. The molecule has 1 aliphatic rings. The van der Waals surface area contributed by atoms with Crippen LogP contribution in [0.15, 0.2) is 0 Å². The van der Waals surface area contributed by atoms with Gasteiger partial charge >= 0.3 is 11.0 Å². The molecule has 1 saturated heterocycles. The second-order valence-corrected chi connectivity index (χ2v) is 11.0. The van der Waals surface area contributed by atoms with Crippen LogP contribution < -0.4 is 5.32 Å². The summed E-state index contributed by atoms with van der Waals surface area (Å²) in [6.07, 6.45) is 10.0. The van der Waals surface area contributed by atoms with Crippen LogP contribution in [0.5, 0.6) is 0 Å². The van der Waals surface area contributed by atoms with Crippen LogP contribution in [0.4, 0.5) is 26.3 Å². The van der Waals surface area contributed by atoms with Crippen LogP contribution in [-0.2, 0) is 20.0 Å². The topological polar surface area (TPSA) is 94.4 Å². The van der Waals surface area contributed by atoms with E-state index in [0.717, 1.165) is 4.13 Å². The molecule has 15 heteroatoms. The lowest BCUT2D eigenvalue weighted by atomic mass is 10.1. The van der Waals surface area contributed by atoms with Crippen molar-refractivity contribution < 1.29 is 47.7 Å². The number of quaternary nitrogens is 1. The van der Waals surface area contributed by atoms with Crippen LogP contribution in [-0.4, -0.2) is 72.1 Å². The molecule has 0 aromatic carbocycles. The number of hydrogen-bond acceptors (Lipinski definition) is 5. The zero-order valence-corrected chi connectivity index (χ0v) is 19.2. The maximum atomic E-state index is 11.4. The van der Waals surface area contributed by atoms with Gasteiger partial charge in [0, 0.05) is 13.1 Å². The summed E-state index contributed by atoms with van der Waals surface area (Å²) in [5, 5.41) is 3.45. The third kappa shape index (κ3) is 11.7. The van der Waals surface area contributed by atoms with E-state index in [9.17, 15) is 43.2 Å². The maximum absolute atomic E-state index is 11.4. The van der Waals surface area contributed by atoms with Crippen LogP contribution in [0.25, 0.3) is 4.13 Å². The summed E-state index contributed by atoms with van der Waals surface area (Å²) in [4.78, 5) is 0. The van der Waals surface area contributed by atoms with Crippen molar-refractivity contribution in [2.24, 2.45) is 0 Å². The number of hydrogen-bond donors (Lipinski definition) is 1. The van der Waals surface area contributed by atoms with E-state index in [-0.39, 0.29) is 0 Å². The summed E-state index contributed by atoms with van der Waals surface area (Å²) in [7, 11) is -11.0. The lowest BCUT2D eigenvalue weighted by Gasteiger charge is -2.38. The number of sulfonamides is 2. The number of likely N-dealkylation sites (N-methyl/N-ethyl adjacent to an activating group) is 1. The molecule has 0 aliphatic carbocycles. The fraction of sp³-hybridized carbons (Fsp3) is 1.00. The molecule has 0 radical (unpaired) electrons. The first-order valence-electron chi connectivity index (χ1n) is 9.88. The molecule has 0 saturated carbocycles. The molecular formula is C16H31F6N3O4S2. The Kier molecular flexibility index (Phi) is 12.3. The molecule has 0 bridgehead atoms. The summed E-state index contributed by atoms with van der Waals surface area (Å²) in [5.74, 6) is 0. The minimum atomic E-state index is -6.72. The highest BCUT2D eigenvalue weighted by molar-refractivity contribution is 8.13. The molecular weight excluding hydrogens is 476 g/mol. The number of nitrogens with one attached hydrogen (secondary N) is 1. The lowest BCUT2D eigenvalue weighted by molar-refractivity contribution is -0.911. The second kappa shape index (κ2) is 12.6. The van der Waals surface area contributed by atoms with Crippen LogP contribution >= 0.6 is 0 Å². The van der Waals surface area contributed by atoms with Crippen molar-refractivity contribution in [1.82, 2.24) is 5.32 Å². The van der Waals surface area contributed by atoms with Gasteiger partial charge in [-0.15, -0.1) is 0 Å². The Labute approximate surface area is 180 Å². The molecule has 0 unspecified atom stereocenters. The zero-order chi connectivity index (χ0) is 24.4. The minimum absolute atomic E-state index is 0.778. The average Bonchev–Trinajstić information content (AvgIpc) is 2.59. The summed E-state index contributed by atoms with van der Waals surface area (Å²) >= 11 is 0.